The Hall–Kier alpha value is -2.03. The van der Waals surface area contributed by atoms with Gasteiger partial charge >= 0.3 is 5.97 Å². The lowest BCUT2D eigenvalue weighted by atomic mass is 10.3. The van der Waals surface area contributed by atoms with Gasteiger partial charge in [-0.1, -0.05) is 13.8 Å². The minimum Gasteiger partial charge on any atom is -0.480 e. The zero-order chi connectivity index (χ0) is 15.0. The highest BCUT2D eigenvalue weighted by Crippen LogP contribution is 1.96. The first-order valence-electron chi connectivity index (χ1n) is 6.52. The second kappa shape index (κ2) is 8.20. The van der Waals surface area contributed by atoms with Gasteiger partial charge < -0.3 is 15.3 Å². The molecular formula is C11H20N6O3. The van der Waals surface area contributed by atoms with Crippen molar-refractivity contribution in [2.75, 3.05) is 26.2 Å². The summed E-state index contributed by atoms with van der Waals surface area (Å²) in [4.78, 5) is 24.1. The fraction of sp³-hybridized carbons (Fsp3) is 0.727. The zero-order valence-corrected chi connectivity index (χ0v) is 11.7. The van der Waals surface area contributed by atoms with E-state index in [4.69, 9.17) is 5.11 Å². The van der Waals surface area contributed by atoms with Crippen LogP contribution in [0.3, 0.4) is 0 Å². The van der Waals surface area contributed by atoms with E-state index in [0.29, 0.717) is 12.4 Å². The van der Waals surface area contributed by atoms with Gasteiger partial charge in [0, 0.05) is 6.54 Å². The molecule has 9 heteroatoms. The van der Waals surface area contributed by atoms with Crippen molar-refractivity contribution in [1.82, 2.24) is 30.4 Å². The topological polar surface area (TPSA) is 113 Å². The van der Waals surface area contributed by atoms with Crippen LogP contribution in [0.4, 0.5) is 0 Å². The van der Waals surface area contributed by atoms with Gasteiger partial charge in [-0.05, 0) is 23.5 Å². The number of hydrogen-bond donors (Lipinski definition) is 2. The number of carbonyl (C=O) groups is 2. The van der Waals surface area contributed by atoms with Crippen LogP contribution in [-0.4, -0.2) is 68.3 Å². The first-order chi connectivity index (χ1) is 9.56. The molecule has 0 saturated heterocycles. The number of likely N-dealkylation sites (N-methyl/N-ethyl adjacent to an activating group) is 1. The summed E-state index contributed by atoms with van der Waals surface area (Å²) >= 11 is 0. The predicted molar refractivity (Wildman–Crippen MR) is 70.0 cm³/mol. The molecule has 0 aliphatic heterocycles. The van der Waals surface area contributed by atoms with Crippen LogP contribution < -0.4 is 5.32 Å². The Kier molecular flexibility index (Phi) is 6.57. The molecule has 0 bridgehead atoms. The Morgan fingerprint density at radius 3 is 2.65 bits per heavy atom. The molecule has 0 spiro atoms. The maximum absolute atomic E-state index is 11.5. The number of amides is 1. The third kappa shape index (κ3) is 5.31. The number of nitrogens with zero attached hydrogens (tertiary/aromatic N) is 5. The molecule has 0 aliphatic carbocycles. The van der Waals surface area contributed by atoms with E-state index < -0.39 is 18.4 Å². The van der Waals surface area contributed by atoms with Gasteiger partial charge in [-0.25, -0.2) is 4.68 Å². The Morgan fingerprint density at radius 2 is 2.05 bits per heavy atom. The van der Waals surface area contributed by atoms with E-state index in [1.54, 1.807) is 4.68 Å². The van der Waals surface area contributed by atoms with E-state index in [2.05, 4.69) is 39.6 Å². The van der Waals surface area contributed by atoms with Crippen LogP contribution in [0.25, 0.3) is 0 Å². The lowest BCUT2D eigenvalue weighted by Crippen LogP contribution is -2.32. The molecule has 0 unspecified atom stereocenters. The summed E-state index contributed by atoms with van der Waals surface area (Å²) in [5.41, 5.74) is 0. The predicted octanol–water partition coefficient (Wildman–Crippen LogP) is -1.24. The standard InChI is InChI=1S/C11H20N6O3/c1-3-16(4-2)5-6-17-9(13-14-15-17)7-10(18)12-8-11(19)20/h3-8H2,1-2H3,(H,12,18)(H,19,20). The van der Waals surface area contributed by atoms with Crippen molar-refractivity contribution in [2.24, 2.45) is 0 Å². The molecule has 1 aromatic heterocycles. The molecule has 1 rings (SSSR count). The van der Waals surface area contributed by atoms with E-state index in [1.165, 1.54) is 0 Å². The summed E-state index contributed by atoms with van der Waals surface area (Å²) in [6, 6.07) is 0. The van der Waals surface area contributed by atoms with Crippen LogP contribution in [0.5, 0.6) is 0 Å². The first-order valence-corrected chi connectivity index (χ1v) is 6.52. The molecule has 1 aromatic rings. The summed E-state index contributed by atoms with van der Waals surface area (Å²) in [6.45, 7) is 7.00. The highest BCUT2D eigenvalue weighted by molar-refractivity contribution is 5.82. The van der Waals surface area contributed by atoms with Gasteiger partial charge in [0.15, 0.2) is 5.82 Å². The third-order valence-corrected chi connectivity index (χ3v) is 2.88. The molecule has 2 N–H and O–H groups in total. The van der Waals surface area contributed by atoms with Gasteiger partial charge in [-0.2, -0.15) is 0 Å². The summed E-state index contributed by atoms with van der Waals surface area (Å²) < 4.78 is 1.57. The van der Waals surface area contributed by atoms with Gasteiger partial charge in [0.2, 0.25) is 5.91 Å². The van der Waals surface area contributed by atoms with Crippen LogP contribution >= 0.6 is 0 Å². The first kappa shape index (κ1) is 16.0. The Labute approximate surface area is 116 Å². The minimum atomic E-state index is -1.08. The molecule has 1 amide bonds. The van der Waals surface area contributed by atoms with Crippen LogP contribution in [0, 0.1) is 0 Å². The van der Waals surface area contributed by atoms with Crippen molar-refractivity contribution in [3.05, 3.63) is 5.82 Å². The van der Waals surface area contributed by atoms with Gasteiger partial charge in [0.1, 0.15) is 6.54 Å². The van der Waals surface area contributed by atoms with Gasteiger partial charge in [0.25, 0.3) is 0 Å². The number of nitrogens with one attached hydrogen (secondary N) is 1. The fourth-order valence-corrected chi connectivity index (χ4v) is 1.68. The Bertz CT molecular complexity index is 443. The highest BCUT2D eigenvalue weighted by atomic mass is 16.4. The van der Waals surface area contributed by atoms with Crippen LogP contribution in [0.1, 0.15) is 19.7 Å². The van der Waals surface area contributed by atoms with E-state index in [0.717, 1.165) is 19.6 Å². The number of aliphatic carboxylic acids is 1. The van der Waals surface area contributed by atoms with Crippen molar-refractivity contribution in [3.63, 3.8) is 0 Å². The summed E-state index contributed by atoms with van der Waals surface area (Å²) in [7, 11) is 0. The number of hydrogen-bond acceptors (Lipinski definition) is 6. The average molecular weight is 284 g/mol. The van der Waals surface area contributed by atoms with Crippen molar-refractivity contribution in [3.8, 4) is 0 Å². The van der Waals surface area contributed by atoms with Crippen LogP contribution in [0.15, 0.2) is 0 Å². The lowest BCUT2D eigenvalue weighted by Gasteiger charge is -2.17. The Balaban J connectivity index is 2.49. The monoisotopic (exact) mass is 284 g/mol. The molecule has 0 fully saturated rings. The van der Waals surface area contributed by atoms with Crippen molar-refractivity contribution in [2.45, 2.75) is 26.8 Å². The lowest BCUT2D eigenvalue weighted by molar-refractivity contribution is -0.137. The third-order valence-electron chi connectivity index (χ3n) is 2.88. The number of tetrazole rings is 1. The molecule has 1 heterocycles. The summed E-state index contributed by atoms with van der Waals surface area (Å²) in [5, 5.41) is 21.9. The van der Waals surface area contributed by atoms with E-state index in [9.17, 15) is 9.59 Å². The molecule has 0 radical (unpaired) electrons. The quantitative estimate of drug-likeness (QED) is 0.583. The van der Waals surface area contributed by atoms with Crippen LogP contribution in [0.2, 0.25) is 0 Å². The maximum Gasteiger partial charge on any atom is 0.322 e. The molecular weight excluding hydrogens is 264 g/mol. The average Bonchev–Trinajstić information content (AvgIpc) is 2.85. The van der Waals surface area contributed by atoms with E-state index >= 15 is 0 Å². The number of carboxylic acids is 1. The molecule has 20 heavy (non-hydrogen) atoms. The van der Waals surface area contributed by atoms with E-state index in [-0.39, 0.29) is 6.42 Å². The number of aromatic nitrogens is 4. The van der Waals surface area contributed by atoms with Gasteiger partial charge in [-0.3, -0.25) is 9.59 Å². The molecule has 0 aromatic carbocycles. The van der Waals surface area contributed by atoms with Crippen molar-refractivity contribution in [1.29, 1.82) is 0 Å². The summed E-state index contributed by atoms with van der Waals surface area (Å²) in [5.74, 6) is -1.06. The molecule has 112 valence electrons. The second-order valence-corrected chi connectivity index (χ2v) is 4.19. The van der Waals surface area contributed by atoms with E-state index in [1.807, 2.05) is 0 Å². The second-order valence-electron chi connectivity index (χ2n) is 4.19. The number of rotatable bonds is 9. The van der Waals surface area contributed by atoms with Gasteiger partial charge in [-0.15, -0.1) is 5.10 Å². The molecule has 9 nitrogen and oxygen atoms in total. The maximum atomic E-state index is 11.5. The highest BCUT2D eigenvalue weighted by Gasteiger charge is 2.12. The number of carboxylic acid groups (broad SMARTS) is 1. The minimum absolute atomic E-state index is 0.0292. The molecule has 0 atom stereocenters. The Morgan fingerprint density at radius 1 is 1.35 bits per heavy atom. The number of carbonyl (C=O) groups excluding carboxylic acids is 1. The van der Waals surface area contributed by atoms with Gasteiger partial charge in [0.05, 0.1) is 13.0 Å². The normalized spacial score (nSPS) is 10.8. The van der Waals surface area contributed by atoms with Crippen molar-refractivity contribution >= 4 is 11.9 Å². The summed E-state index contributed by atoms with van der Waals surface area (Å²) in [6.07, 6.45) is -0.0292. The zero-order valence-electron chi connectivity index (χ0n) is 11.7. The SMILES string of the molecule is CCN(CC)CCn1nnnc1CC(=O)NCC(=O)O. The smallest absolute Gasteiger partial charge is 0.322 e. The largest absolute Gasteiger partial charge is 0.480 e. The van der Waals surface area contributed by atoms with Crippen molar-refractivity contribution < 1.29 is 14.7 Å². The molecule has 0 saturated carbocycles. The molecule has 0 aliphatic rings. The van der Waals surface area contributed by atoms with Crippen LogP contribution in [-0.2, 0) is 22.6 Å². The fourth-order valence-electron chi connectivity index (χ4n) is 1.68.